The average molecular weight is 478 g/mol. The second-order valence-electron chi connectivity index (χ2n) is 8.59. The van der Waals surface area contributed by atoms with E-state index in [1.807, 2.05) is 0 Å². The maximum absolute atomic E-state index is 14.0. The standard InChI is InChI=1S/C23H28FN3O5S/c1-15(18-7-8-20(24)21(12-18)32-14-17-5-6-17)26-33(30,31)10-9-16-3-2-4-19(11-16)27-13-22(28)25-23(27)29/h2-4,7-8,11-12,15,17,23,26,29H,5-6,9-10,13-14H2,1H3,(H,25,28)/t15-,23?/m1/s1. The molecule has 2 aromatic rings. The van der Waals surface area contributed by atoms with Crippen LogP contribution in [0.4, 0.5) is 10.1 Å². The average Bonchev–Trinajstić information content (AvgIpc) is 3.53. The summed E-state index contributed by atoms with van der Waals surface area (Å²) in [7, 11) is -3.63. The SMILES string of the molecule is C[C@@H](NS(=O)(=O)CCc1cccc(N2CC(=O)NC2O)c1)c1ccc(F)c(OCC2CC2)c1. The summed E-state index contributed by atoms with van der Waals surface area (Å²) in [5.41, 5.74) is 2.00. The first-order valence-electron chi connectivity index (χ1n) is 11.0. The molecule has 0 spiro atoms. The summed E-state index contributed by atoms with van der Waals surface area (Å²) in [6.07, 6.45) is 1.33. The maximum atomic E-state index is 14.0. The molecule has 10 heteroatoms. The van der Waals surface area contributed by atoms with Crippen LogP contribution in [-0.2, 0) is 21.2 Å². The molecule has 1 saturated carbocycles. The normalized spacial score (nSPS) is 19.4. The number of hydrogen-bond donors (Lipinski definition) is 3. The molecule has 0 radical (unpaired) electrons. The quantitative estimate of drug-likeness (QED) is 0.484. The molecule has 2 atom stereocenters. The number of aliphatic hydroxyl groups is 1. The summed E-state index contributed by atoms with van der Waals surface area (Å²) < 4.78 is 47.6. The molecular weight excluding hydrogens is 449 g/mol. The van der Waals surface area contributed by atoms with Gasteiger partial charge in [-0.25, -0.2) is 17.5 Å². The molecule has 1 saturated heterocycles. The molecule has 1 aliphatic heterocycles. The van der Waals surface area contributed by atoms with Gasteiger partial charge in [0.05, 0.1) is 12.4 Å². The number of carbonyl (C=O) groups is 1. The van der Waals surface area contributed by atoms with Crippen molar-refractivity contribution in [3.63, 3.8) is 0 Å². The number of anilines is 1. The van der Waals surface area contributed by atoms with Crippen molar-refractivity contribution in [1.29, 1.82) is 0 Å². The Morgan fingerprint density at radius 1 is 1.27 bits per heavy atom. The second kappa shape index (κ2) is 9.66. The van der Waals surface area contributed by atoms with Crippen LogP contribution in [0.2, 0.25) is 0 Å². The number of ether oxygens (including phenoxy) is 1. The number of sulfonamides is 1. The zero-order chi connectivity index (χ0) is 23.6. The van der Waals surface area contributed by atoms with Crippen LogP contribution in [0, 0.1) is 11.7 Å². The first kappa shape index (κ1) is 23.5. The third kappa shape index (κ3) is 6.21. The Hall–Kier alpha value is -2.69. The van der Waals surface area contributed by atoms with Gasteiger partial charge in [-0.15, -0.1) is 0 Å². The molecule has 178 valence electrons. The van der Waals surface area contributed by atoms with Gasteiger partial charge in [0.15, 0.2) is 11.6 Å². The molecule has 1 amide bonds. The first-order valence-corrected chi connectivity index (χ1v) is 12.6. The lowest BCUT2D eigenvalue weighted by Crippen LogP contribution is -2.35. The Kier molecular flexibility index (Phi) is 6.87. The number of hydrogen-bond acceptors (Lipinski definition) is 6. The van der Waals surface area contributed by atoms with E-state index in [1.54, 1.807) is 43.3 Å². The van der Waals surface area contributed by atoms with Gasteiger partial charge in [0.25, 0.3) is 0 Å². The number of halogens is 1. The number of amides is 1. The van der Waals surface area contributed by atoms with E-state index in [1.165, 1.54) is 11.0 Å². The van der Waals surface area contributed by atoms with Crippen LogP contribution >= 0.6 is 0 Å². The topological polar surface area (TPSA) is 108 Å². The van der Waals surface area contributed by atoms with E-state index < -0.39 is 28.2 Å². The van der Waals surface area contributed by atoms with Crippen molar-refractivity contribution in [3.05, 3.63) is 59.4 Å². The lowest BCUT2D eigenvalue weighted by atomic mass is 10.1. The largest absolute Gasteiger partial charge is 0.490 e. The highest BCUT2D eigenvalue weighted by atomic mass is 32.2. The van der Waals surface area contributed by atoms with Crippen molar-refractivity contribution in [1.82, 2.24) is 10.0 Å². The van der Waals surface area contributed by atoms with Crippen molar-refractivity contribution >= 4 is 21.6 Å². The Balaban J connectivity index is 1.36. The molecule has 4 rings (SSSR count). The summed E-state index contributed by atoms with van der Waals surface area (Å²) >= 11 is 0. The van der Waals surface area contributed by atoms with E-state index >= 15 is 0 Å². The summed E-state index contributed by atoms with van der Waals surface area (Å²) in [4.78, 5) is 13.0. The van der Waals surface area contributed by atoms with Crippen molar-refractivity contribution in [3.8, 4) is 5.75 Å². The fraction of sp³-hybridized carbons (Fsp3) is 0.435. The number of aliphatic hydroxyl groups excluding tert-OH is 1. The Morgan fingerprint density at radius 2 is 2.06 bits per heavy atom. The second-order valence-corrected chi connectivity index (χ2v) is 10.5. The molecule has 1 heterocycles. The number of nitrogens with zero attached hydrogens (tertiary/aromatic N) is 1. The van der Waals surface area contributed by atoms with E-state index in [4.69, 9.17) is 4.74 Å². The number of rotatable bonds is 10. The predicted molar refractivity (Wildman–Crippen MR) is 122 cm³/mol. The van der Waals surface area contributed by atoms with Crippen LogP contribution in [-0.4, -0.2) is 44.7 Å². The predicted octanol–water partition coefficient (Wildman–Crippen LogP) is 2.05. The highest BCUT2D eigenvalue weighted by Crippen LogP contribution is 2.31. The smallest absolute Gasteiger partial charge is 0.243 e. The number of benzene rings is 2. The number of aryl methyl sites for hydroxylation is 1. The minimum absolute atomic E-state index is 0.0337. The van der Waals surface area contributed by atoms with Crippen LogP contribution in [0.5, 0.6) is 5.75 Å². The molecule has 2 fully saturated rings. The number of nitrogens with one attached hydrogen (secondary N) is 2. The third-order valence-electron chi connectivity index (χ3n) is 5.78. The monoisotopic (exact) mass is 477 g/mol. The molecule has 1 unspecified atom stereocenters. The molecule has 3 N–H and O–H groups in total. The van der Waals surface area contributed by atoms with E-state index in [2.05, 4.69) is 10.0 Å². The molecule has 33 heavy (non-hydrogen) atoms. The minimum Gasteiger partial charge on any atom is -0.490 e. The highest BCUT2D eigenvalue weighted by Gasteiger charge is 2.28. The van der Waals surface area contributed by atoms with Gasteiger partial charge >= 0.3 is 0 Å². The molecule has 2 aliphatic rings. The summed E-state index contributed by atoms with van der Waals surface area (Å²) in [6, 6.07) is 10.9. The van der Waals surface area contributed by atoms with Gasteiger partial charge in [0.2, 0.25) is 22.3 Å². The Morgan fingerprint density at radius 3 is 2.76 bits per heavy atom. The van der Waals surface area contributed by atoms with Gasteiger partial charge in [0, 0.05) is 11.7 Å². The minimum atomic E-state index is -3.63. The highest BCUT2D eigenvalue weighted by molar-refractivity contribution is 7.89. The fourth-order valence-electron chi connectivity index (χ4n) is 3.67. The van der Waals surface area contributed by atoms with Gasteiger partial charge in [-0.05, 0) is 67.5 Å². The van der Waals surface area contributed by atoms with Crippen LogP contribution in [0.3, 0.4) is 0 Å². The van der Waals surface area contributed by atoms with Crippen LogP contribution in [0.15, 0.2) is 42.5 Å². The molecule has 2 aromatic carbocycles. The first-order chi connectivity index (χ1) is 15.7. The van der Waals surface area contributed by atoms with Crippen LogP contribution in [0.25, 0.3) is 0 Å². The molecular formula is C23H28FN3O5S. The van der Waals surface area contributed by atoms with Gasteiger partial charge in [-0.1, -0.05) is 18.2 Å². The van der Waals surface area contributed by atoms with E-state index in [0.29, 0.717) is 23.8 Å². The number of carbonyl (C=O) groups excluding carboxylic acids is 1. The lowest BCUT2D eigenvalue weighted by molar-refractivity contribution is -0.119. The van der Waals surface area contributed by atoms with E-state index in [9.17, 15) is 22.7 Å². The van der Waals surface area contributed by atoms with Gasteiger partial charge in [-0.3, -0.25) is 4.79 Å². The van der Waals surface area contributed by atoms with Crippen molar-refractivity contribution < 1.29 is 27.4 Å². The van der Waals surface area contributed by atoms with E-state index in [-0.39, 0.29) is 30.4 Å². The molecule has 1 aliphatic carbocycles. The summed E-state index contributed by atoms with van der Waals surface area (Å²) in [5, 5.41) is 12.3. The maximum Gasteiger partial charge on any atom is 0.243 e. The van der Waals surface area contributed by atoms with Crippen molar-refractivity contribution in [2.45, 2.75) is 38.6 Å². The Labute approximate surface area is 192 Å². The summed E-state index contributed by atoms with van der Waals surface area (Å²) in [5.74, 6) is -0.274. The molecule has 0 aromatic heterocycles. The van der Waals surface area contributed by atoms with Crippen LogP contribution in [0.1, 0.15) is 36.9 Å². The zero-order valence-corrected chi connectivity index (χ0v) is 19.1. The zero-order valence-electron chi connectivity index (χ0n) is 18.3. The molecule has 0 bridgehead atoms. The van der Waals surface area contributed by atoms with Crippen molar-refractivity contribution in [2.24, 2.45) is 5.92 Å². The third-order valence-corrected chi connectivity index (χ3v) is 7.24. The Bertz CT molecular complexity index is 1120. The van der Waals surface area contributed by atoms with Gasteiger partial charge in [-0.2, -0.15) is 0 Å². The van der Waals surface area contributed by atoms with E-state index in [0.717, 1.165) is 18.4 Å². The van der Waals surface area contributed by atoms with Gasteiger partial charge in [0.1, 0.15) is 6.54 Å². The molecule has 8 nitrogen and oxygen atoms in total. The fourth-order valence-corrected chi connectivity index (χ4v) is 4.97. The lowest BCUT2D eigenvalue weighted by Gasteiger charge is -2.21. The summed E-state index contributed by atoms with van der Waals surface area (Å²) in [6.45, 7) is 2.21. The van der Waals surface area contributed by atoms with Crippen molar-refractivity contribution in [2.75, 3.05) is 23.8 Å². The van der Waals surface area contributed by atoms with Gasteiger partial charge < -0.3 is 20.1 Å². The van der Waals surface area contributed by atoms with Crippen LogP contribution < -0.4 is 19.7 Å².